The smallest absolute Gasteiger partial charge is 0.305 e. The summed E-state index contributed by atoms with van der Waals surface area (Å²) >= 11 is 0. The first-order valence-corrected chi connectivity index (χ1v) is 12.0. The van der Waals surface area contributed by atoms with Crippen molar-refractivity contribution in [3.63, 3.8) is 0 Å². The highest BCUT2D eigenvalue weighted by molar-refractivity contribution is 5.69. The number of methoxy groups -OCH3 is 1. The van der Waals surface area contributed by atoms with E-state index in [1.165, 1.54) is 70.5 Å². The van der Waals surface area contributed by atoms with Crippen LogP contribution in [0.15, 0.2) is 12.2 Å². The Morgan fingerprint density at radius 3 is 2.61 bits per heavy atom. The Balaban J connectivity index is 1.49. The summed E-state index contributed by atoms with van der Waals surface area (Å²) in [7, 11) is 1.51. The first-order chi connectivity index (χ1) is 13.3. The molecule has 8 atom stereocenters. The summed E-state index contributed by atoms with van der Waals surface area (Å²) in [5.41, 5.74) is 2.58. The average molecular weight is 387 g/mol. The monoisotopic (exact) mass is 386 g/mol. The topological polar surface area (TPSA) is 26.3 Å². The van der Waals surface area contributed by atoms with Crippen molar-refractivity contribution < 1.29 is 9.53 Å². The van der Waals surface area contributed by atoms with Gasteiger partial charge in [0.2, 0.25) is 0 Å². The highest BCUT2D eigenvalue weighted by Gasteiger charge is 2.60. The van der Waals surface area contributed by atoms with Crippen LogP contribution in [0.1, 0.15) is 91.4 Å². The van der Waals surface area contributed by atoms with Gasteiger partial charge in [0.15, 0.2) is 0 Å². The molecule has 4 aliphatic rings. The number of carbonyl (C=O) groups excluding carboxylic acids is 1. The lowest BCUT2D eigenvalue weighted by atomic mass is 9.44. The van der Waals surface area contributed by atoms with Gasteiger partial charge in [-0.15, -0.1) is 0 Å². The minimum Gasteiger partial charge on any atom is -0.469 e. The fraction of sp³-hybridized carbons (Fsp3) is 0.885. The van der Waals surface area contributed by atoms with Crippen LogP contribution in [0.5, 0.6) is 0 Å². The van der Waals surface area contributed by atoms with E-state index in [0.29, 0.717) is 23.2 Å². The largest absolute Gasteiger partial charge is 0.469 e. The van der Waals surface area contributed by atoms with Crippen molar-refractivity contribution in [1.29, 1.82) is 0 Å². The molecule has 4 fully saturated rings. The summed E-state index contributed by atoms with van der Waals surface area (Å²) in [6.45, 7) is 12.0. The molecule has 0 N–H and O–H groups in total. The van der Waals surface area contributed by atoms with Gasteiger partial charge < -0.3 is 4.74 Å². The second-order valence-corrected chi connectivity index (χ2v) is 11.4. The number of fused-ring (bicyclic) bond motifs is 5. The molecule has 0 amide bonds. The number of hydrogen-bond donors (Lipinski definition) is 0. The van der Waals surface area contributed by atoms with Gasteiger partial charge in [-0.25, -0.2) is 0 Å². The predicted molar refractivity (Wildman–Crippen MR) is 115 cm³/mol. The summed E-state index contributed by atoms with van der Waals surface area (Å²) in [5, 5.41) is 0. The molecule has 0 heterocycles. The molecule has 2 nitrogen and oxygen atoms in total. The van der Waals surface area contributed by atoms with Gasteiger partial charge in [-0.1, -0.05) is 32.9 Å². The zero-order valence-corrected chi connectivity index (χ0v) is 18.8. The summed E-state index contributed by atoms with van der Waals surface area (Å²) in [6.07, 6.45) is 14.1. The van der Waals surface area contributed by atoms with Gasteiger partial charge in [0.1, 0.15) is 0 Å². The molecule has 4 rings (SSSR count). The predicted octanol–water partition coefficient (Wildman–Crippen LogP) is 6.79. The molecule has 0 aromatic carbocycles. The third kappa shape index (κ3) is 3.18. The van der Waals surface area contributed by atoms with Crippen LogP contribution in [0.25, 0.3) is 0 Å². The number of allylic oxidation sites excluding steroid dienone is 1. The zero-order valence-electron chi connectivity index (χ0n) is 18.8. The SMILES string of the molecule is C=C1CC[C@]2(C)C3CC[C@@]4(C)C(CCC4[C@H](C)CCC(=O)OC)C3CC[C@H]2C1. The van der Waals surface area contributed by atoms with Gasteiger partial charge in [-0.05, 0) is 111 Å². The van der Waals surface area contributed by atoms with Crippen LogP contribution in [0.3, 0.4) is 0 Å². The third-order valence-electron chi connectivity index (χ3n) is 10.4. The number of carbonyl (C=O) groups is 1. The van der Waals surface area contributed by atoms with E-state index in [1.54, 1.807) is 0 Å². The Morgan fingerprint density at radius 1 is 1.11 bits per heavy atom. The van der Waals surface area contributed by atoms with Crippen LogP contribution in [-0.4, -0.2) is 13.1 Å². The Bertz CT molecular complexity index is 624. The van der Waals surface area contributed by atoms with Gasteiger partial charge in [0, 0.05) is 6.42 Å². The summed E-state index contributed by atoms with van der Waals surface area (Å²) in [4.78, 5) is 11.6. The zero-order chi connectivity index (χ0) is 20.1. The number of rotatable bonds is 4. The standard InChI is InChI=1S/C26H42O2/c1-17-12-14-25(3)19(16-17)7-8-20-22-10-9-21(18(2)6-11-24(27)28-5)26(22,4)15-13-23(20)25/h18-23H,1,6-16H2,2-5H3/t18-,19+,20?,21?,22?,23?,25+,26-/m1/s1. The Kier molecular flexibility index (Phi) is 5.47. The fourth-order valence-corrected chi connectivity index (χ4v) is 8.78. The maximum Gasteiger partial charge on any atom is 0.305 e. The second-order valence-electron chi connectivity index (χ2n) is 11.4. The van der Waals surface area contributed by atoms with Gasteiger partial charge in [-0.2, -0.15) is 0 Å². The molecule has 158 valence electrons. The quantitative estimate of drug-likeness (QED) is 0.393. The lowest BCUT2D eigenvalue weighted by Crippen LogP contribution is -2.53. The highest BCUT2D eigenvalue weighted by Crippen LogP contribution is 2.68. The number of esters is 1. The summed E-state index contributed by atoms with van der Waals surface area (Å²) < 4.78 is 4.89. The Morgan fingerprint density at radius 2 is 1.86 bits per heavy atom. The highest BCUT2D eigenvalue weighted by atomic mass is 16.5. The minimum atomic E-state index is -0.0413. The molecule has 4 unspecified atom stereocenters. The van der Waals surface area contributed by atoms with E-state index in [-0.39, 0.29) is 5.97 Å². The molecule has 0 aromatic rings. The molecule has 0 radical (unpaired) electrons. The fourth-order valence-electron chi connectivity index (χ4n) is 8.78. The Labute approximate surface area is 172 Å². The maximum atomic E-state index is 11.6. The Hall–Kier alpha value is -0.790. The van der Waals surface area contributed by atoms with Crippen molar-refractivity contribution in [2.45, 2.75) is 91.4 Å². The van der Waals surface area contributed by atoms with Crippen molar-refractivity contribution >= 4 is 5.97 Å². The first kappa shape index (κ1) is 20.5. The maximum absolute atomic E-state index is 11.6. The lowest BCUT2D eigenvalue weighted by molar-refractivity contribution is -0.141. The molecular weight excluding hydrogens is 344 g/mol. The molecule has 4 saturated carbocycles. The lowest BCUT2D eigenvalue weighted by Gasteiger charge is -2.61. The van der Waals surface area contributed by atoms with E-state index < -0.39 is 0 Å². The molecule has 2 heteroatoms. The van der Waals surface area contributed by atoms with Crippen molar-refractivity contribution in [2.24, 2.45) is 46.3 Å². The van der Waals surface area contributed by atoms with Crippen LogP contribution in [-0.2, 0) is 9.53 Å². The van der Waals surface area contributed by atoms with Crippen LogP contribution < -0.4 is 0 Å². The molecule has 28 heavy (non-hydrogen) atoms. The third-order valence-corrected chi connectivity index (χ3v) is 10.4. The van der Waals surface area contributed by atoms with Gasteiger partial charge in [0.05, 0.1) is 7.11 Å². The van der Waals surface area contributed by atoms with E-state index >= 15 is 0 Å². The molecule has 0 spiro atoms. The van der Waals surface area contributed by atoms with E-state index in [1.807, 2.05) is 0 Å². The first-order valence-electron chi connectivity index (χ1n) is 12.0. The normalized spacial score (nSPS) is 46.3. The summed E-state index contributed by atoms with van der Waals surface area (Å²) in [6, 6.07) is 0. The van der Waals surface area contributed by atoms with Gasteiger partial charge in [-0.3, -0.25) is 4.79 Å². The molecule has 4 aliphatic carbocycles. The number of ether oxygens (including phenoxy) is 1. The van der Waals surface area contributed by atoms with Crippen LogP contribution in [0, 0.1) is 46.3 Å². The molecule has 0 bridgehead atoms. The van der Waals surface area contributed by atoms with Gasteiger partial charge in [0.25, 0.3) is 0 Å². The van der Waals surface area contributed by atoms with E-state index in [9.17, 15) is 4.79 Å². The minimum absolute atomic E-state index is 0.0413. The molecular formula is C26H42O2. The van der Waals surface area contributed by atoms with Gasteiger partial charge >= 0.3 is 5.97 Å². The van der Waals surface area contributed by atoms with Crippen LogP contribution in [0.4, 0.5) is 0 Å². The van der Waals surface area contributed by atoms with Crippen LogP contribution in [0.2, 0.25) is 0 Å². The second kappa shape index (κ2) is 7.47. The van der Waals surface area contributed by atoms with Crippen molar-refractivity contribution in [1.82, 2.24) is 0 Å². The van der Waals surface area contributed by atoms with Crippen LogP contribution >= 0.6 is 0 Å². The van der Waals surface area contributed by atoms with Crippen molar-refractivity contribution in [2.75, 3.05) is 7.11 Å². The summed E-state index contributed by atoms with van der Waals surface area (Å²) in [5.74, 6) is 5.09. The van der Waals surface area contributed by atoms with Crippen molar-refractivity contribution in [3.8, 4) is 0 Å². The van der Waals surface area contributed by atoms with E-state index in [4.69, 9.17) is 4.74 Å². The average Bonchev–Trinajstić information content (AvgIpc) is 3.03. The molecule has 0 aromatic heterocycles. The molecule has 0 aliphatic heterocycles. The number of hydrogen-bond acceptors (Lipinski definition) is 2. The van der Waals surface area contributed by atoms with E-state index in [0.717, 1.165) is 36.0 Å². The molecule has 0 saturated heterocycles. The van der Waals surface area contributed by atoms with E-state index in [2.05, 4.69) is 27.4 Å². The van der Waals surface area contributed by atoms with Crippen molar-refractivity contribution in [3.05, 3.63) is 12.2 Å².